The lowest BCUT2D eigenvalue weighted by molar-refractivity contribution is 0.0160. The zero-order valence-electron chi connectivity index (χ0n) is 13.0. The molecule has 0 aliphatic carbocycles. The molecule has 2 aromatic rings. The number of benzene rings is 1. The Morgan fingerprint density at radius 2 is 2.04 bits per heavy atom. The highest BCUT2D eigenvalue weighted by molar-refractivity contribution is 5.59. The molecule has 24 heavy (non-hydrogen) atoms. The predicted molar refractivity (Wildman–Crippen MR) is 87.7 cm³/mol. The second kappa shape index (κ2) is 6.72. The first-order valence-electron chi connectivity index (χ1n) is 8.00. The van der Waals surface area contributed by atoms with Gasteiger partial charge in [-0.25, -0.2) is 4.98 Å². The third-order valence-corrected chi connectivity index (χ3v) is 4.37. The Kier molecular flexibility index (Phi) is 4.29. The Morgan fingerprint density at radius 1 is 1.21 bits per heavy atom. The second-order valence-corrected chi connectivity index (χ2v) is 5.98. The molecule has 2 aliphatic heterocycles. The van der Waals surface area contributed by atoms with E-state index in [-0.39, 0.29) is 12.8 Å². The normalized spacial score (nSPS) is 25.0. The average Bonchev–Trinajstić information content (AvgIpc) is 3.25. The Morgan fingerprint density at radius 3 is 2.67 bits per heavy atom. The summed E-state index contributed by atoms with van der Waals surface area (Å²) in [5.74, 6) is 0.363. The van der Waals surface area contributed by atoms with Crippen molar-refractivity contribution < 1.29 is 14.0 Å². The number of aromatic nitrogens is 1. The first-order valence-corrected chi connectivity index (χ1v) is 8.00. The molecule has 2 fully saturated rings. The summed E-state index contributed by atoms with van der Waals surface area (Å²) in [5, 5.41) is 6.76. The van der Waals surface area contributed by atoms with E-state index in [1.807, 2.05) is 18.2 Å². The van der Waals surface area contributed by atoms with Crippen LogP contribution in [0.15, 0.2) is 42.6 Å². The van der Waals surface area contributed by atoms with Gasteiger partial charge in [-0.3, -0.25) is 0 Å². The van der Waals surface area contributed by atoms with Gasteiger partial charge in [0, 0.05) is 24.3 Å². The quantitative estimate of drug-likeness (QED) is 0.558. The molecule has 3 unspecified atom stereocenters. The minimum atomic E-state index is -0.221. The molecule has 3 atom stereocenters. The Labute approximate surface area is 139 Å². The van der Waals surface area contributed by atoms with Gasteiger partial charge in [0.15, 0.2) is 6.73 Å². The van der Waals surface area contributed by atoms with Crippen molar-refractivity contribution in [2.75, 3.05) is 18.6 Å². The van der Waals surface area contributed by atoms with Crippen LogP contribution in [-0.2, 0) is 4.74 Å². The second-order valence-electron chi connectivity index (χ2n) is 5.98. The zero-order chi connectivity index (χ0) is 16.4. The summed E-state index contributed by atoms with van der Waals surface area (Å²) in [6, 6.07) is 12.2. The van der Waals surface area contributed by atoms with Crippen molar-refractivity contribution in [3.05, 3.63) is 48.2 Å². The number of nitrogens with one attached hydrogen (secondary N) is 3. The van der Waals surface area contributed by atoms with Crippen molar-refractivity contribution in [3.63, 3.8) is 0 Å². The standard InChI is InChI=1S/C17H19FN4O2/c18-21-10-23-16-6-5-13(8-20-16)22-12-3-1-11(2-4-12)17-15-7-14(24-17)9-19-15/h1-6,8,14-15,17,19,21-22H,7,9-10H2. The molecule has 4 rings (SSSR count). The molecule has 3 heterocycles. The minimum absolute atomic E-state index is 0.153. The van der Waals surface area contributed by atoms with Gasteiger partial charge in [-0.1, -0.05) is 12.1 Å². The average molecular weight is 330 g/mol. The van der Waals surface area contributed by atoms with Crippen LogP contribution in [0.4, 0.5) is 15.9 Å². The number of morpholine rings is 1. The highest BCUT2D eigenvalue weighted by atomic mass is 19.2. The number of anilines is 2. The van der Waals surface area contributed by atoms with E-state index in [2.05, 4.69) is 27.8 Å². The SMILES string of the molecule is FNCOc1ccc(Nc2ccc(C3OC4CNC3C4)cc2)cn1. The van der Waals surface area contributed by atoms with E-state index in [0.717, 1.165) is 24.3 Å². The number of fused-ring (bicyclic) bond motifs is 2. The molecule has 6 nitrogen and oxygen atoms in total. The number of nitrogens with zero attached hydrogens (tertiary/aromatic N) is 1. The summed E-state index contributed by atoms with van der Waals surface area (Å²) in [5.41, 5.74) is 4.41. The van der Waals surface area contributed by atoms with Crippen LogP contribution >= 0.6 is 0 Å². The third-order valence-electron chi connectivity index (χ3n) is 4.37. The third kappa shape index (κ3) is 3.19. The van der Waals surface area contributed by atoms with Gasteiger partial charge in [-0.2, -0.15) is 0 Å². The van der Waals surface area contributed by atoms with E-state index in [9.17, 15) is 4.48 Å². The van der Waals surface area contributed by atoms with E-state index < -0.39 is 0 Å². The molecule has 1 aromatic carbocycles. The molecule has 0 saturated carbocycles. The molecule has 2 bridgehead atoms. The summed E-state index contributed by atoms with van der Waals surface area (Å²) < 4.78 is 22.8. The lowest BCUT2D eigenvalue weighted by Gasteiger charge is -2.23. The van der Waals surface area contributed by atoms with Crippen molar-refractivity contribution in [2.45, 2.75) is 24.7 Å². The van der Waals surface area contributed by atoms with Gasteiger partial charge in [-0.15, -0.1) is 10.0 Å². The van der Waals surface area contributed by atoms with Crippen molar-refractivity contribution >= 4 is 11.4 Å². The lowest BCUT2D eigenvalue weighted by atomic mass is 10.0. The predicted octanol–water partition coefficient (Wildman–Crippen LogP) is 2.44. The van der Waals surface area contributed by atoms with Crippen LogP contribution in [0.5, 0.6) is 5.88 Å². The molecule has 7 heteroatoms. The molecule has 0 spiro atoms. The molecule has 2 saturated heterocycles. The molecular formula is C17H19FN4O2. The number of ether oxygens (including phenoxy) is 2. The molecule has 1 aromatic heterocycles. The van der Waals surface area contributed by atoms with Gasteiger partial charge in [0.25, 0.3) is 0 Å². The minimum Gasteiger partial charge on any atom is -0.459 e. The number of hydrogen-bond acceptors (Lipinski definition) is 6. The van der Waals surface area contributed by atoms with Crippen LogP contribution < -0.4 is 20.9 Å². The van der Waals surface area contributed by atoms with Gasteiger partial charge in [0.05, 0.1) is 24.1 Å². The first-order chi connectivity index (χ1) is 11.8. The van der Waals surface area contributed by atoms with Crippen LogP contribution in [0.25, 0.3) is 0 Å². The topological polar surface area (TPSA) is 67.4 Å². The summed E-state index contributed by atoms with van der Waals surface area (Å²) in [6.45, 7) is 0.746. The Hall–Kier alpha value is -2.22. The monoisotopic (exact) mass is 330 g/mol. The highest BCUT2D eigenvalue weighted by Gasteiger charge is 2.41. The molecular weight excluding hydrogens is 311 g/mol. The van der Waals surface area contributed by atoms with E-state index in [4.69, 9.17) is 9.47 Å². The van der Waals surface area contributed by atoms with E-state index in [1.54, 1.807) is 12.3 Å². The smallest absolute Gasteiger partial charge is 0.214 e. The van der Waals surface area contributed by atoms with Gasteiger partial charge >= 0.3 is 0 Å². The largest absolute Gasteiger partial charge is 0.459 e. The van der Waals surface area contributed by atoms with Gasteiger partial charge < -0.3 is 20.1 Å². The van der Waals surface area contributed by atoms with Crippen molar-refractivity contribution in [3.8, 4) is 5.88 Å². The molecule has 0 radical (unpaired) electrons. The van der Waals surface area contributed by atoms with Gasteiger partial charge in [0.1, 0.15) is 0 Å². The van der Waals surface area contributed by atoms with Gasteiger partial charge in [-0.05, 0) is 30.2 Å². The fourth-order valence-corrected chi connectivity index (χ4v) is 3.24. The van der Waals surface area contributed by atoms with E-state index in [1.165, 1.54) is 11.1 Å². The fraction of sp³-hybridized carbons (Fsp3) is 0.353. The van der Waals surface area contributed by atoms with Crippen LogP contribution in [-0.4, -0.2) is 30.4 Å². The summed E-state index contributed by atoms with van der Waals surface area (Å²) in [4.78, 5) is 4.10. The van der Waals surface area contributed by atoms with E-state index >= 15 is 0 Å². The Bertz CT molecular complexity index is 680. The van der Waals surface area contributed by atoms with Crippen molar-refractivity contribution in [2.24, 2.45) is 0 Å². The zero-order valence-corrected chi connectivity index (χ0v) is 13.0. The number of halogens is 1. The summed E-state index contributed by atoms with van der Waals surface area (Å²) in [7, 11) is 0. The van der Waals surface area contributed by atoms with Crippen LogP contribution in [0.3, 0.4) is 0 Å². The Balaban J connectivity index is 1.38. The number of rotatable bonds is 6. The first kappa shape index (κ1) is 15.3. The molecule has 2 aliphatic rings. The maximum atomic E-state index is 11.8. The van der Waals surface area contributed by atoms with Crippen molar-refractivity contribution in [1.29, 1.82) is 0 Å². The summed E-state index contributed by atoms with van der Waals surface area (Å²) >= 11 is 0. The van der Waals surface area contributed by atoms with Gasteiger partial charge in [0.2, 0.25) is 5.88 Å². The highest BCUT2D eigenvalue weighted by Crippen LogP contribution is 2.37. The fourth-order valence-electron chi connectivity index (χ4n) is 3.24. The maximum Gasteiger partial charge on any atom is 0.214 e. The van der Waals surface area contributed by atoms with Crippen molar-refractivity contribution in [1.82, 2.24) is 15.8 Å². The van der Waals surface area contributed by atoms with E-state index in [0.29, 0.717) is 18.0 Å². The molecule has 3 N–H and O–H groups in total. The summed E-state index contributed by atoms with van der Waals surface area (Å²) in [6.07, 6.45) is 3.25. The lowest BCUT2D eigenvalue weighted by Crippen LogP contribution is -2.33. The molecule has 126 valence electrons. The number of pyridine rings is 1. The van der Waals surface area contributed by atoms with Crippen LogP contribution in [0.1, 0.15) is 18.1 Å². The molecule has 0 amide bonds. The van der Waals surface area contributed by atoms with Crippen LogP contribution in [0.2, 0.25) is 0 Å². The number of hydrogen-bond donors (Lipinski definition) is 3. The maximum absolute atomic E-state index is 11.8. The van der Waals surface area contributed by atoms with Crippen LogP contribution in [0, 0.1) is 0 Å².